The topological polar surface area (TPSA) is 111 Å². The van der Waals surface area contributed by atoms with Gasteiger partial charge in [-0.1, -0.05) is 6.92 Å². The van der Waals surface area contributed by atoms with Crippen molar-refractivity contribution in [1.29, 1.82) is 0 Å². The van der Waals surface area contributed by atoms with Gasteiger partial charge in [-0.25, -0.2) is 4.39 Å². The van der Waals surface area contributed by atoms with Crippen LogP contribution in [0, 0.1) is 12.7 Å². The predicted molar refractivity (Wildman–Crippen MR) is 114 cm³/mol. The molecule has 0 aliphatic rings. The molecule has 0 fully saturated rings. The van der Waals surface area contributed by atoms with Crippen molar-refractivity contribution in [3.8, 4) is 16.9 Å². The lowest BCUT2D eigenvalue weighted by molar-refractivity contribution is 0.0939. The maximum absolute atomic E-state index is 14.7. The molecule has 0 saturated carbocycles. The predicted octanol–water partition coefficient (Wildman–Crippen LogP) is 3.02. The van der Waals surface area contributed by atoms with Gasteiger partial charge in [0.05, 0.1) is 23.6 Å². The second kappa shape index (κ2) is 8.96. The van der Waals surface area contributed by atoms with Crippen LogP contribution >= 0.6 is 0 Å². The normalized spacial score (nSPS) is 11.9. The lowest BCUT2D eigenvalue weighted by Gasteiger charge is -2.15. The Morgan fingerprint density at radius 2 is 2.00 bits per heavy atom. The number of pyridine rings is 1. The van der Waals surface area contributed by atoms with Crippen LogP contribution in [0.2, 0.25) is 0 Å². The van der Waals surface area contributed by atoms with Gasteiger partial charge in [-0.2, -0.15) is 4.68 Å². The molecule has 3 heterocycles. The number of aryl methyl sites for hydroxylation is 2. The van der Waals surface area contributed by atoms with Crippen LogP contribution in [0.3, 0.4) is 0 Å². The number of carbonyl (C=O) groups excluding carboxylic acids is 1. The fourth-order valence-corrected chi connectivity index (χ4v) is 3.26. The van der Waals surface area contributed by atoms with Gasteiger partial charge in [0.25, 0.3) is 5.91 Å². The number of halogens is 1. The molecule has 1 unspecified atom stereocenters. The number of hydrogen-bond acceptors (Lipinski definition) is 7. The number of nitrogens with one attached hydrogen (secondary N) is 1. The molecule has 10 heteroatoms. The Morgan fingerprint density at radius 3 is 2.72 bits per heavy atom. The average molecular weight is 432 g/mol. The van der Waals surface area contributed by atoms with Crippen LogP contribution in [0.15, 0.2) is 49.1 Å². The third kappa shape index (κ3) is 4.34. The van der Waals surface area contributed by atoms with Crippen molar-refractivity contribution in [3.05, 3.63) is 77.5 Å². The van der Waals surface area contributed by atoms with Crippen LogP contribution in [-0.4, -0.2) is 41.1 Å². The van der Waals surface area contributed by atoms with E-state index in [1.807, 2.05) is 13.8 Å². The van der Waals surface area contributed by atoms with Crippen LogP contribution < -0.4 is 5.32 Å². The maximum Gasteiger partial charge on any atom is 0.251 e. The maximum atomic E-state index is 14.7. The molecule has 1 atom stereocenters. The molecule has 4 rings (SSSR count). The molecule has 162 valence electrons. The van der Waals surface area contributed by atoms with Gasteiger partial charge in [0, 0.05) is 36.1 Å². The Hall–Kier alpha value is -4.08. The molecule has 1 amide bonds. The minimum Gasteiger partial charge on any atom is -0.344 e. The van der Waals surface area contributed by atoms with Gasteiger partial charge in [-0.05, 0) is 54.1 Å². The van der Waals surface area contributed by atoms with Crippen molar-refractivity contribution in [2.75, 3.05) is 0 Å². The zero-order valence-corrected chi connectivity index (χ0v) is 17.8. The first-order chi connectivity index (χ1) is 15.5. The molecule has 1 aromatic carbocycles. The van der Waals surface area contributed by atoms with Crippen LogP contribution in [0.25, 0.3) is 16.9 Å². The number of aromatic nitrogens is 7. The van der Waals surface area contributed by atoms with Crippen molar-refractivity contribution >= 4 is 5.91 Å². The highest BCUT2D eigenvalue weighted by Gasteiger charge is 2.18. The number of rotatable bonds is 6. The summed E-state index contributed by atoms with van der Waals surface area (Å²) in [5.41, 5.74) is 2.74. The van der Waals surface area contributed by atoms with E-state index < -0.39 is 5.82 Å². The largest absolute Gasteiger partial charge is 0.344 e. The van der Waals surface area contributed by atoms with E-state index in [1.54, 1.807) is 49.9 Å². The SMILES string of the molecule is CCc1nnnn1-c1cc(C(=O)NC(C)c2cnccn2)cc(-c2ncc(C)cc2F)c1. The number of hydrogen-bond donors (Lipinski definition) is 1. The Morgan fingerprint density at radius 1 is 1.16 bits per heavy atom. The molecule has 0 radical (unpaired) electrons. The first-order valence-corrected chi connectivity index (χ1v) is 10.1. The van der Waals surface area contributed by atoms with Gasteiger partial charge >= 0.3 is 0 Å². The third-order valence-corrected chi connectivity index (χ3v) is 4.90. The Labute approximate surface area is 183 Å². The van der Waals surface area contributed by atoms with Gasteiger partial charge < -0.3 is 5.32 Å². The summed E-state index contributed by atoms with van der Waals surface area (Å²) in [6.07, 6.45) is 6.88. The summed E-state index contributed by atoms with van der Waals surface area (Å²) >= 11 is 0. The van der Waals surface area contributed by atoms with E-state index in [1.165, 1.54) is 10.7 Å². The first kappa shape index (κ1) is 21.2. The van der Waals surface area contributed by atoms with Gasteiger partial charge in [-0.3, -0.25) is 19.7 Å². The minimum absolute atomic E-state index is 0.139. The molecule has 0 bridgehead atoms. The summed E-state index contributed by atoms with van der Waals surface area (Å²) in [5, 5.41) is 14.7. The van der Waals surface area contributed by atoms with Crippen molar-refractivity contribution in [1.82, 2.24) is 40.5 Å². The van der Waals surface area contributed by atoms with Crippen molar-refractivity contribution in [3.63, 3.8) is 0 Å². The highest BCUT2D eigenvalue weighted by molar-refractivity contribution is 5.96. The smallest absolute Gasteiger partial charge is 0.251 e. The number of amides is 1. The van der Waals surface area contributed by atoms with Crippen LogP contribution in [0.5, 0.6) is 0 Å². The second-order valence-electron chi connectivity index (χ2n) is 7.30. The molecule has 1 N–H and O–H groups in total. The highest BCUT2D eigenvalue weighted by Crippen LogP contribution is 2.26. The van der Waals surface area contributed by atoms with E-state index in [-0.39, 0.29) is 17.6 Å². The summed E-state index contributed by atoms with van der Waals surface area (Å²) in [5.74, 6) is -0.225. The minimum atomic E-state index is -0.478. The monoisotopic (exact) mass is 432 g/mol. The lowest BCUT2D eigenvalue weighted by Crippen LogP contribution is -2.27. The van der Waals surface area contributed by atoms with E-state index in [4.69, 9.17) is 0 Å². The van der Waals surface area contributed by atoms with E-state index in [2.05, 4.69) is 35.8 Å². The van der Waals surface area contributed by atoms with Crippen molar-refractivity contribution in [2.45, 2.75) is 33.2 Å². The van der Waals surface area contributed by atoms with E-state index in [9.17, 15) is 9.18 Å². The average Bonchev–Trinajstić information content (AvgIpc) is 3.28. The lowest BCUT2D eigenvalue weighted by atomic mass is 10.0. The second-order valence-corrected chi connectivity index (χ2v) is 7.30. The van der Waals surface area contributed by atoms with Crippen molar-refractivity contribution < 1.29 is 9.18 Å². The molecule has 3 aromatic heterocycles. The molecule has 0 aliphatic heterocycles. The van der Waals surface area contributed by atoms with Gasteiger partial charge in [0.2, 0.25) is 0 Å². The van der Waals surface area contributed by atoms with Gasteiger partial charge in [-0.15, -0.1) is 5.10 Å². The zero-order chi connectivity index (χ0) is 22.7. The number of benzene rings is 1. The fourth-order valence-electron chi connectivity index (χ4n) is 3.26. The summed E-state index contributed by atoms with van der Waals surface area (Å²) in [4.78, 5) is 25.6. The molecule has 0 spiro atoms. The van der Waals surface area contributed by atoms with E-state index >= 15 is 0 Å². The third-order valence-electron chi connectivity index (χ3n) is 4.90. The first-order valence-electron chi connectivity index (χ1n) is 10.1. The summed E-state index contributed by atoms with van der Waals surface area (Å²) in [6, 6.07) is 5.98. The van der Waals surface area contributed by atoms with E-state index in [0.717, 1.165) is 0 Å². The quantitative estimate of drug-likeness (QED) is 0.498. The Kier molecular flexibility index (Phi) is 5.93. The van der Waals surface area contributed by atoms with Crippen LogP contribution in [-0.2, 0) is 6.42 Å². The highest BCUT2D eigenvalue weighted by atomic mass is 19.1. The Balaban J connectivity index is 1.77. The molecule has 9 nitrogen and oxygen atoms in total. The number of nitrogens with zero attached hydrogens (tertiary/aromatic N) is 7. The molecule has 0 aliphatic carbocycles. The van der Waals surface area contributed by atoms with Crippen LogP contribution in [0.4, 0.5) is 4.39 Å². The molecular weight excluding hydrogens is 411 g/mol. The van der Waals surface area contributed by atoms with Gasteiger partial charge in [0.1, 0.15) is 11.5 Å². The number of carbonyl (C=O) groups is 1. The molecule has 0 saturated heterocycles. The standard InChI is InChI=1S/C22H21FN8O/c1-4-20-28-29-30-31(20)17-9-15(21-18(23)7-13(2)11-26-21)8-16(10-17)22(32)27-14(3)19-12-24-5-6-25-19/h5-12,14H,4H2,1-3H3,(H,27,32). The van der Waals surface area contributed by atoms with Crippen LogP contribution in [0.1, 0.15) is 47.3 Å². The zero-order valence-electron chi connectivity index (χ0n) is 17.8. The van der Waals surface area contributed by atoms with E-state index in [0.29, 0.717) is 40.3 Å². The molecular formula is C22H21FN8O. The molecule has 4 aromatic rings. The Bertz CT molecular complexity index is 1260. The van der Waals surface area contributed by atoms with Crippen molar-refractivity contribution in [2.24, 2.45) is 0 Å². The summed E-state index contributed by atoms with van der Waals surface area (Å²) in [7, 11) is 0. The number of tetrazole rings is 1. The summed E-state index contributed by atoms with van der Waals surface area (Å²) < 4.78 is 16.2. The van der Waals surface area contributed by atoms with Gasteiger partial charge in [0.15, 0.2) is 5.82 Å². The fraction of sp³-hybridized carbons (Fsp3) is 0.227. The molecule has 32 heavy (non-hydrogen) atoms. The summed E-state index contributed by atoms with van der Waals surface area (Å²) in [6.45, 7) is 5.49.